The lowest BCUT2D eigenvalue weighted by Crippen LogP contribution is -2.14. The van der Waals surface area contributed by atoms with E-state index in [2.05, 4.69) is 15.9 Å². The molecule has 1 aliphatic heterocycles. The average molecular weight is 244 g/mol. The lowest BCUT2D eigenvalue weighted by molar-refractivity contribution is -0.0170. The fourth-order valence-electron chi connectivity index (χ4n) is 1.41. The Morgan fingerprint density at radius 3 is 3.08 bits per heavy atom. The Kier molecular flexibility index (Phi) is 2.53. The standard InChI is InChI=1S/C9H10BrNO2/c10-8-1-6(3-11)9-7(2-8)4-12-5-13-9/h1-2H,3-5,11H2. The Labute approximate surface area is 85.0 Å². The van der Waals surface area contributed by atoms with Crippen molar-refractivity contribution in [1.29, 1.82) is 0 Å². The quantitative estimate of drug-likeness (QED) is 0.818. The highest BCUT2D eigenvalue weighted by Gasteiger charge is 2.14. The minimum Gasteiger partial charge on any atom is -0.467 e. The van der Waals surface area contributed by atoms with Gasteiger partial charge in [0.25, 0.3) is 0 Å². The van der Waals surface area contributed by atoms with Crippen LogP contribution in [0.25, 0.3) is 0 Å². The molecule has 0 unspecified atom stereocenters. The zero-order valence-corrected chi connectivity index (χ0v) is 8.63. The molecule has 13 heavy (non-hydrogen) atoms. The Morgan fingerprint density at radius 2 is 2.31 bits per heavy atom. The third kappa shape index (κ3) is 1.70. The first-order valence-electron chi connectivity index (χ1n) is 4.03. The summed E-state index contributed by atoms with van der Waals surface area (Å²) in [4.78, 5) is 0. The van der Waals surface area contributed by atoms with Crippen LogP contribution in [0, 0.1) is 0 Å². The molecule has 0 amide bonds. The van der Waals surface area contributed by atoms with Crippen LogP contribution in [-0.4, -0.2) is 6.79 Å². The minimum atomic E-state index is 0.321. The van der Waals surface area contributed by atoms with E-state index in [1.807, 2.05) is 12.1 Å². The highest BCUT2D eigenvalue weighted by Crippen LogP contribution is 2.31. The second kappa shape index (κ2) is 3.65. The summed E-state index contributed by atoms with van der Waals surface area (Å²) in [6, 6.07) is 3.97. The van der Waals surface area contributed by atoms with E-state index < -0.39 is 0 Å². The molecule has 0 aromatic heterocycles. The van der Waals surface area contributed by atoms with E-state index in [1.54, 1.807) is 0 Å². The number of fused-ring (bicyclic) bond motifs is 1. The van der Waals surface area contributed by atoms with Gasteiger partial charge in [-0.1, -0.05) is 15.9 Å². The van der Waals surface area contributed by atoms with Crippen molar-refractivity contribution in [2.24, 2.45) is 5.73 Å². The van der Waals surface area contributed by atoms with E-state index in [-0.39, 0.29) is 0 Å². The van der Waals surface area contributed by atoms with Crippen molar-refractivity contribution < 1.29 is 9.47 Å². The number of halogens is 1. The molecule has 70 valence electrons. The number of ether oxygens (including phenoxy) is 2. The van der Waals surface area contributed by atoms with Gasteiger partial charge in [-0.3, -0.25) is 0 Å². The van der Waals surface area contributed by atoms with Crippen LogP contribution in [0.3, 0.4) is 0 Å². The number of hydrogen-bond donors (Lipinski definition) is 1. The Hall–Kier alpha value is -0.580. The van der Waals surface area contributed by atoms with E-state index in [0.717, 1.165) is 21.3 Å². The molecule has 0 bridgehead atoms. The molecule has 3 nitrogen and oxygen atoms in total. The first kappa shape index (κ1) is 8.99. The van der Waals surface area contributed by atoms with Crippen molar-refractivity contribution in [3.05, 3.63) is 27.7 Å². The van der Waals surface area contributed by atoms with E-state index in [9.17, 15) is 0 Å². The molecular formula is C9H10BrNO2. The molecule has 2 rings (SSSR count). The maximum atomic E-state index is 5.60. The molecule has 0 fully saturated rings. The van der Waals surface area contributed by atoms with Gasteiger partial charge in [0.15, 0.2) is 6.79 Å². The molecule has 4 heteroatoms. The summed E-state index contributed by atoms with van der Waals surface area (Å²) in [7, 11) is 0. The minimum absolute atomic E-state index is 0.321. The first-order chi connectivity index (χ1) is 6.31. The van der Waals surface area contributed by atoms with Crippen LogP contribution in [0.4, 0.5) is 0 Å². The van der Waals surface area contributed by atoms with Crippen molar-refractivity contribution in [1.82, 2.24) is 0 Å². The van der Waals surface area contributed by atoms with Gasteiger partial charge in [-0.05, 0) is 12.1 Å². The number of hydrogen-bond acceptors (Lipinski definition) is 3. The molecule has 0 radical (unpaired) electrons. The molecule has 1 aliphatic rings. The summed E-state index contributed by atoms with van der Waals surface area (Å²) >= 11 is 3.42. The van der Waals surface area contributed by atoms with Gasteiger partial charge in [0, 0.05) is 22.1 Å². The topological polar surface area (TPSA) is 44.5 Å². The summed E-state index contributed by atoms with van der Waals surface area (Å²) in [5.41, 5.74) is 7.68. The zero-order chi connectivity index (χ0) is 9.26. The van der Waals surface area contributed by atoms with Gasteiger partial charge in [0.1, 0.15) is 5.75 Å². The predicted molar refractivity (Wildman–Crippen MR) is 52.3 cm³/mol. The SMILES string of the molecule is NCc1cc(Br)cc2c1OCOC2. The highest BCUT2D eigenvalue weighted by atomic mass is 79.9. The van der Waals surface area contributed by atoms with E-state index in [1.165, 1.54) is 0 Å². The molecule has 1 aromatic carbocycles. The Balaban J connectivity index is 2.50. The van der Waals surface area contributed by atoms with Crippen LogP contribution in [-0.2, 0) is 17.9 Å². The molecule has 0 aliphatic carbocycles. The molecule has 1 heterocycles. The highest BCUT2D eigenvalue weighted by molar-refractivity contribution is 9.10. The summed E-state index contributed by atoms with van der Waals surface area (Å²) in [6.07, 6.45) is 0. The Morgan fingerprint density at radius 1 is 1.46 bits per heavy atom. The summed E-state index contributed by atoms with van der Waals surface area (Å²) in [5.74, 6) is 0.886. The second-order valence-corrected chi connectivity index (χ2v) is 3.78. The molecule has 0 saturated heterocycles. The van der Waals surface area contributed by atoms with Crippen LogP contribution in [0.2, 0.25) is 0 Å². The van der Waals surface area contributed by atoms with Crippen molar-refractivity contribution in [2.45, 2.75) is 13.2 Å². The molecule has 0 atom stereocenters. The normalized spacial score (nSPS) is 14.9. The molecule has 0 saturated carbocycles. The number of rotatable bonds is 1. The lowest BCUT2D eigenvalue weighted by atomic mass is 10.1. The van der Waals surface area contributed by atoms with Gasteiger partial charge < -0.3 is 15.2 Å². The van der Waals surface area contributed by atoms with Gasteiger partial charge in [-0.25, -0.2) is 0 Å². The predicted octanol–water partition coefficient (Wildman–Crippen LogP) is 1.77. The fraction of sp³-hybridized carbons (Fsp3) is 0.333. The largest absolute Gasteiger partial charge is 0.467 e. The molecule has 1 aromatic rings. The van der Waals surface area contributed by atoms with Crippen LogP contribution < -0.4 is 10.5 Å². The first-order valence-corrected chi connectivity index (χ1v) is 4.82. The van der Waals surface area contributed by atoms with Crippen LogP contribution in [0.1, 0.15) is 11.1 Å². The van der Waals surface area contributed by atoms with Gasteiger partial charge in [0.2, 0.25) is 0 Å². The van der Waals surface area contributed by atoms with Crippen molar-refractivity contribution >= 4 is 15.9 Å². The number of nitrogens with two attached hydrogens (primary N) is 1. The molecule has 2 N–H and O–H groups in total. The van der Waals surface area contributed by atoms with Crippen LogP contribution >= 0.6 is 15.9 Å². The maximum Gasteiger partial charge on any atom is 0.189 e. The monoisotopic (exact) mass is 243 g/mol. The maximum absolute atomic E-state index is 5.60. The smallest absolute Gasteiger partial charge is 0.189 e. The van der Waals surface area contributed by atoms with Crippen LogP contribution in [0.5, 0.6) is 5.75 Å². The van der Waals surface area contributed by atoms with Gasteiger partial charge in [0.05, 0.1) is 6.61 Å². The van der Waals surface area contributed by atoms with E-state index in [4.69, 9.17) is 15.2 Å². The van der Waals surface area contributed by atoms with Crippen molar-refractivity contribution in [3.8, 4) is 5.75 Å². The molecule has 0 spiro atoms. The van der Waals surface area contributed by atoms with Crippen molar-refractivity contribution in [3.63, 3.8) is 0 Å². The van der Waals surface area contributed by atoms with Gasteiger partial charge >= 0.3 is 0 Å². The lowest BCUT2D eigenvalue weighted by Gasteiger charge is -2.20. The van der Waals surface area contributed by atoms with E-state index in [0.29, 0.717) is 19.9 Å². The third-order valence-corrected chi connectivity index (χ3v) is 2.43. The summed E-state index contributed by atoms with van der Waals surface area (Å²) < 4.78 is 11.6. The second-order valence-electron chi connectivity index (χ2n) is 2.87. The van der Waals surface area contributed by atoms with Gasteiger partial charge in [-0.15, -0.1) is 0 Å². The third-order valence-electron chi connectivity index (χ3n) is 1.97. The fourth-order valence-corrected chi connectivity index (χ4v) is 1.96. The van der Waals surface area contributed by atoms with Crippen molar-refractivity contribution in [2.75, 3.05) is 6.79 Å². The van der Waals surface area contributed by atoms with Crippen LogP contribution in [0.15, 0.2) is 16.6 Å². The Bertz CT molecular complexity index is 310. The van der Waals surface area contributed by atoms with E-state index >= 15 is 0 Å². The summed E-state index contributed by atoms with van der Waals surface area (Å²) in [6.45, 7) is 1.41. The number of benzene rings is 1. The van der Waals surface area contributed by atoms with Gasteiger partial charge in [-0.2, -0.15) is 0 Å². The summed E-state index contributed by atoms with van der Waals surface area (Å²) in [5, 5.41) is 0. The zero-order valence-electron chi connectivity index (χ0n) is 7.05. The average Bonchev–Trinajstić information content (AvgIpc) is 2.16. The molecular weight excluding hydrogens is 234 g/mol.